The highest BCUT2D eigenvalue weighted by molar-refractivity contribution is 5.84. The summed E-state index contributed by atoms with van der Waals surface area (Å²) in [6.45, 7) is 0.237. The minimum atomic E-state index is -0.901. The number of amides is 1. The first-order valence-corrected chi connectivity index (χ1v) is 6.92. The van der Waals surface area contributed by atoms with Crippen LogP contribution in [0.5, 0.6) is 0 Å². The van der Waals surface area contributed by atoms with E-state index in [-0.39, 0.29) is 18.4 Å². The summed E-state index contributed by atoms with van der Waals surface area (Å²) in [7, 11) is 0. The predicted octanol–water partition coefficient (Wildman–Crippen LogP) is 0.888. The molecular weight excluding hydrogens is 232 g/mol. The Kier molecular flexibility index (Phi) is 4.58. The summed E-state index contributed by atoms with van der Waals surface area (Å²) in [6.07, 6.45) is 7.40. The van der Waals surface area contributed by atoms with Gasteiger partial charge in [-0.25, -0.2) is 4.79 Å². The third-order valence-corrected chi connectivity index (χ3v) is 3.83. The topological polar surface area (TPSA) is 78.4 Å². The van der Waals surface area contributed by atoms with Crippen LogP contribution < -0.4 is 10.6 Å². The van der Waals surface area contributed by atoms with Gasteiger partial charge in [0.15, 0.2) is 0 Å². The number of hydrogen-bond donors (Lipinski definition) is 3. The molecule has 102 valence electrons. The Morgan fingerprint density at radius 3 is 2.33 bits per heavy atom. The van der Waals surface area contributed by atoms with Gasteiger partial charge in [0.05, 0.1) is 6.54 Å². The molecule has 0 bridgehead atoms. The van der Waals surface area contributed by atoms with E-state index in [1.807, 2.05) is 0 Å². The number of carbonyl (C=O) groups is 2. The molecule has 1 unspecified atom stereocenters. The number of carboxylic acid groups (broad SMARTS) is 1. The van der Waals surface area contributed by atoms with Gasteiger partial charge >= 0.3 is 5.97 Å². The fraction of sp³-hybridized carbons (Fsp3) is 0.846. The van der Waals surface area contributed by atoms with E-state index in [2.05, 4.69) is 10.6 Å². The van der Waals surface area contributed by atoms with Gasteiger partial charge in [-0.15, -0.1) is 0 Å². The Hall–Kier alpha value is -1.10. The average Bonchev–Trinajstić information content (AvgIpc) is 3.18. The molecule has 5 nitrogen and oxygen atoms in total. The van der Waals surface area contributed by atoms with Crippen LogP contribution in [0.2, 0.25) is 0 Å². The fourth-order valence-corrected chi connectivity index (χ4v) is 2.60. The third-order valence-electron chi connectivity index (χ3n) is 3.83. The summed E-state index contributed by atoms with van der Waals surface area (Å²) in [5, 5.41) is 15.0. The van der Waals surface area contributed by atoms with Gasteiger partial charge in [0.1, 0.15) is 6.04 Å². The fourth-order valence-electron chi connectivity index (χ4n) is 2.60. The molecule has 1 amide bonds. The lowest BCUT2D eigenvalue weighted by Gasteiger charge is -2.28. The van der Waals surface area contributed by atoms with Crippen LogP contribution in [-0.2, 0) is 9.59 Å². The van der Waals surface area contributed by atoms with E-state index in [0.29, 0.717) is 6.04 Å². The zero-order valence-electron chi connectivity index (χ0n) is 10.7. The highest BCUT2D eigenvalue weighted by Crippen LogP contribution is 2.26. The summed E-state index contributed by atoms with van der Waals surface area (Å²) in [5.74, 6) is -0.998. The zero-order valence-corrected chi connectivity index (χ0v) is 10.7. The lowest BCUT2D eigenvalue weighted by atomic mass is 9.84. The number of aliphatic carboxylic acids is 1. The second-order valence-electron chi connectivity index (χ2n) is 5.44. The van der Waals surface area contributed by atoms with Crippen LogP contribution in [0.1, 0.15) is 44.9 Å². The largest absolute Gasteiger partial charge is 0.480 e. The smallest absolute Gasteiger partial charge is 0.326 e. The van der Waals surface area contributed by atoms with E-state index in [1.54, 1.807) is 0 Å². The van der Waals surface area contributed by atoms with Crippen molar-refractivity contribution in [3.8, 4) is 0 Å². The normalized spacial score (nSPS) is 22.4. The molecule has 0 aromatic rings. The van der Waals surface area contributed by atoms with Crippen molar-refractivity contribution < 1.29 is 14.7 Å². The average molecular weight is 254 g/mol. The van der Waals surface area contributed by atoms with E-state index in [1.165, 1.54) is 6.42 Å². The number of carboxylic acids is 1. The monoisotopic (exact) mass is 254 g/mol. The van der Waals surface area contributed by atoms with Crippen molar-refractivity contribution in [2.75, 3.05) is 6.54 Å². The quantitative estimate of drug-likeness (QED) is 0.657. The van der Waals surface area contributed by atoms with Crippen LogP contribution in [0.4, 0.5) is 0 Å². The van der Waals surface area contributed by atoms with Crippen LogP contribution >= 0.6 is 0 Å². The number of carbonyl (C=O) groups excluding carboxylic acids is 1. The predicted molar refractivity (Wildman–Crippen MR) is 67.2 cm³/mol. The van der Waals surface area contributed by atoms with Crippen molar-refractivity contribution in [2.24, 2.45) is 5.92 Å². The van der Waals surface area contributed by atoms with Crippen molar-refractivity contribution >= 4 is 11.9 Å². The molecule has 1 atom stereocenters. The van der Waals surface area contributed by atoms with E-state index >= 15 is 0 Å². The third kappa shape index (κ3) is 3.98. The molecule has 0 aromatic heterocycles. The molecule has 2 aliphatic rings. The van der Waals surface area contributed by atoms with Gasteiger partial charge in [-0.05, 0) is 31.6 Å². The highest BCUT2D eigenvalue weighted by Gasteiger charge is 2.31. The molecule has 0 spiro atoms. The Morgan fingerprint density at radius 1 is 1.11 bits per heavy atom. The second-order valence-corrected chi connectivity index (χ2v) is 5.44. The minimum Gasteiger partial charge on any atom is -0.480 e. The summed E-state index contributed by atoms with van der Waals surface area (Å²) in [4.78, 5) is 22.9. The molecule has 5 heteroatoms. The molecular formula is C13H22N2O3. The van der Waals surface area contributed by atoms with Crippen LogP contribution in [0.3, 0.4) is 0 Å². The first-order valence-electron chi connectivity index (χ1n) is 6.92. The van der Waals surface area contributed by atoms with Crippen LogP contribution in [0, 0.1) is 5.92 Å². The molecule has 2 saturated carbocycles. The molecule has 2 fully saturated rings. The van der Waals surface area contributed by atoms with Crippen molar-refractivity contribution in [1.82, 2.24) is 10.6 Å². The lowest BCUT2D eigenvalue weighted by Crippen LogP contribution is -2.49. The molecule has 0 aromatic carbocycles. The maximum atomic E-state index is 11.7. The first kappa shape index (κ1) is 13.3. The summed E-state index contributed by atoms with van der Waals surface area (Å²) in [5.41, 5.74) is 0. The minimum absolute atomic E-state index is 0.0983. The van der Waals surface area contributed by atoms with Gasteiger partial charge in [0, 0.05) is 6.04 Å². The van der Waals surface area contributed by atoms with Crippen LogP contribution in [0.15, 0.2) is 0 Å². The molecule has 0 aliphatic heterocycles. The lowest BCUT2D eigenvalue weighted by molar-refractivity contribution is -0.143. The standard InChI is InChI=1S/C13H22N2O3/c16-11(8-14-10-6-7-10)15-12(13(17)18)9-4-2-1-3-5-9/h9-10,12,14H,1-8H2,(H,15,16)(H,17,18). The summed E-state index contributed by atoms with van der Waals surface area (Å²) in [6, 6.07) is -0.243. The van der Waals surface area contributed by atoms with Gasteiger partial charge < -0.3 is 15.7 Å². The summed E-state index contributed by atoms with van der Waals surface area (Å²) < 4.78 is 0. The van der Waals surface area contributed by atoms with Crippen LogP contribution in [-0.4, -0.2) is 35.6 Å². The SMILES string of the molecule is O=C(CNC1CC1)NC(C(=O)O)C1CCCCC1. The first-order chi connectivity index (χ1) is 8.66. The van der Waals surface area contributed by atoms with Gasteiger partial charge in [-0.1, -0.05) is 19.3 Å². The molecule has 2 aliphatic carbocycles. The Bertz CT molecular complexity index is 309. The van der Waals surface area contributed by atoms with E-state index < -0.39 is 12.0 Å². The maximum Gasteiger partial charge on any atom is 0.326 e. The van der Waals surface area contributed by atoms with Crippen molar-refractivity contribution in [3.63, 3.8) is 0 Å². The van der Waals surface area contributed by atoms with Gasteiger partial charge in [0.2, 0.25) is 5.91 Å². The van der Waals surface area contributed by atoms with Gasteiger partial charge in [-0.2, -0.15) is 0 Å². The van der Waals surface area contributed by atoms with Crippen molar-refractivity contribution in [2.45, 2.75) is 57.0 Å². The van der Waals surface area contributed by atoms with E-state index in [4.69, 9.17) is 0 Å². The molecule has 0 heterocycles. The van der Waals surface area contributed by atoms with Crippen molar-refractivity contribution in [1.29, 1.82) is 0 Å². The van der Waals surface area contributed by atoms with Crippen LogP contribution in [0.25, 0.3) is 0 Å². The molecule has 2 rings (SSSR count). The molecule has 0 radical (unpaired) electrons. The Labute approximate surface area is 107 Å². The number of rotatable bonds is 6. The summed E-state index contributed by atoms with van der Waals surface area (Å²) >= 11 is 0. The zero-order chi connectivity index (χ0) is 13.0. The van der Waals surface area contributed by atoms with E-state index in [0.717, 1.165) is 38.5 Å². The molecule has 3 N–H and O–H groups in total. The molecule has 0 saturated heterocycles. The molecule has 18 heavy (non-hydrogen) atoms. The van der Waals surface area contributed by atoms with Gasteiger partial charge in [0.25, 0.3) is 0 Å². The second kappa shape index (κ2) is 6.18. The van der Waals surface area contributed by atoms with Crippen molar-refractivity contribution in [3.05, 3.63) is 0 Å². The Morgan fingerprint density at radius 2 is 1.78 bits per heavy atom. The number of hydrogen-bond acceptors (Lipinski definition) is 3. The Balaban J connectivity index is 1.80. The van der Waals surface area contributed by atoms with E-state index in [9.17, 15) is 14.7 Å². The maximum absolute atomic E-state index is 11.7. The van der Waals surface area contributed by atoms with Gasteiger partial charge in [-0.3, -0.25) is 4.79 Å². The highest BCUT2D eigenvalue weighted by atomic mass is 16.4. The number of nitrogens with one attached hydrogen (secondary N) is 2.